The molecule has 1 heterocycles. The van der Waals surface area contributed by atoms with Gasteiger partial charge in [0.15, 0.2) is 11.5 Å². The average molecular weight is 328 g/mol. The van der Waals surface area contributed by atoms with E-state index >= 15 is 0 Å². The van der Waals surface area contributed by atoms with Crippen LogP contribution in [0.2, 0.25) is 0 Å². The molecule has 0 aliphatic carbocycles. The van der Waals surface area contributed by atoms with E-state index in [-0.39, 0.29) is 24.4 Å². The molecule has 0 radical (unpaired) electrons. The standard InChI is InChI=1S/C14H20N2O5S/c1-14(2)8-9-4-5-10(11(17)12(9)21-14)13(18)15-6-7-16-22(3,19)20/h4-5,16-17H,6-8H2,1-3H3,(H,15,18). The Morgan fingerprint density at radius 3 is 2.68 bits per heavy atom. The number of aromatic hydroxyl groups is 1. The molecule has 2 rings (SSSR count). The smallest absolute Gasteiger partial charge is 0.255 e. The number of hydrogen-bond acceptors (Lipinski definition) is 5. The second-order valence-electron chi connectivity index (χ2n) is 5.91. The molecule has 1 aliphatic heterocycles. The molecule has 3 N–H and O–H groups in total. The third-order valence-corrected chi connectivity index (χ3v) is 3.96. The number of hydrogen-bond donors (Lipinski definition) is 3. The Balaban J connectivity index is 2.03. The third kappa shape index (κ3) is 3.89. The van der Waals surface area contributed by atoms with Crippen LogP contribution in [0, 0.1) is 0 Å². The van der Waals surface area contributed by atoms with Crippen molar-refractivity contribution in [2.45, 2.75) is 25.9 Å². The number of benzene rings is 1. The number of carbonyl (C=O) groups is 1. The van der Waals surface area contributed by atoms with Crippen molar-refractivity contribution in [3.63, 3.8) is 0 Å². The summed E-state index contributed by atoms with van der Waals surface area (Å²) in [5.74, 6) is -0.326. The first-order valence-electron chi connectivity index (χ1n) is 6.86. The quantitative estimate of drug-likeness (QED) is 0.678. The number of nitrogens with one attached hydrogen (secondary N) is 2. The molecule has 0 saturated carbocycles. The van der Waals surface area contributed by atoms with E-state index in [2.05, 4.69) is 10.0 Å². The summed E-state index contributed by atoms with van der Waals surface area (Å²) in [5, 5.41) is 12.7. The number of phenols is 1. The largest absolute Gasteiger partial charge is 0.504 e. The van der Waals surface area contributed by atoms with Gasteiger partial charge in [-0.3, -0.25) is 4.79 Å². The lowest BCUT2D eigenvalue weighted by Crippen LogP contribution is -2.34. The van der Waals surface area contributed by atoms with Gasteiger partial charge in [0.25, 0.3) is 5.91 Å². The van der Waals surface area contributed by atoms with Gasteiger partial charge in [-0.1, -0.05) is 6.07 Å². The number of carbonyl (C=O) groups excluding carboxylic acids is 1. The number of sulfonamides is 1. The van der Waals surface area contributed by atoms with Crippen molar-refractivity contribution in [1.82, 2.24) is 10.0 Å². The Labute approximate surface area is 129 Å². The highest BCUT2D eigenvalue weighted by molar-refractivity contribution is 7.88. The van der Waals surface area contributed by atoms with Gasteiger partial charge >= 0.3 is 0 Å². The molecule has 7 nitrogen and oxygen atoms in total. The zero-order chi connectivity index (χ0) is 16.5. The van der Waals surface area contributed by atoms with Crippen LogP contribution >= 0.6 is 0 Å². The van der Waals surface area contributed by atoms with Crippen molar-refractivity contribution >= 4 is 15.9 Å². The molecular formula is C14H20N2O5S. The van der Waals surface area contributed by atoms with Crippen molar-refractivity contribution in [3.05, 3.63) is 23.3 Å². The van der Waals surface area contributed by atoms with Crippen LogP contribution in [-0.4, -0.2) is 44.4 Å². The molecule has 8 heteroatoms. The molecule has 1 aromatic carbocycles. The molecule has 0 fully saturated rings. The minimum atomic E-state index is -3.29. The van der Waals surface area contributed by atoms with E-state index in [0.29, 0.717) is 12.2 Å². The molecule has 0 atom stereocenters. The molecule has 122 valence electrons. The molecule has 0 bridgehead atoms. The molecule has 0 saturated heterocycles. The molecule has 22 heavy (non-hydrogen) atoms. The van der Waals surface area contributed by atoms with Crippen LogP contribution in [0.1, 0.15) is 29.8 Å². The Morgan fingerprint density at radius 2 is 2.05 bits per heavy atom. The normalized spacial score (nSPS) is 16.0. The van der Waals surface area contributed by atoms with Crippen LogP contribution in [0.25, 0.3) is 0 Å². The van der Waals surface area contributed by atoms with E-state index in [1.54, 1.807) is 6.07 Å². The first-order valence-corrected chi connectivity index (χ1v) is 8.75. The van der Waals surface area contributed by atoms with Gasteiger partial charge in [0.05, 0.1) is 11.8 Å². The molecule has 0 spiro atoms. The zero-order valence-corrected chi connectivity index (χ0v) is 13.6. The maximum Gasteiger partial charge on any atom is 0.255 e. The second-order valence-corrected chi connectivity index (χ2v) is 7.74. The molecule has 1 amide bonds. The Bertz CT molecular complexity index is 697. The average Bonchev–Trinajstić information content (AvgIpc) is 2.69. The molecule has 1 aliphatic rings. The summed E-state index contributed by atoms with van der Waals surface area (Å²) in [6.07, 6.45) is 1.70. The Hall–Kier alpha value is -1.80. The van der Waals surface area contributed by atoms with Gasteiger partial charge in [-0.15, -0.1) is 0 Å². The number of rotatable bonds is 5. The predicted octanol–water partition coefficient (Wildman–Crippen LogP) is 0.385. The maximum absolute atomic E-state index is 12.0. The summed E-state index contributed by atoms with van der Waals surface area (Å²) in [6.45, 7) is 4.01. The lowest BCUT2D eigenvalue weighted by Gasteiger charge is -2.17. The van der Waals surface area contributed by atoms with Crippen LogP contribution < -0.4 is 14.8 Å². The van der Waals surface area contributed by atoms with Crippen LogP contribution in [0.5, 0.6) is 11.5 Å². The van der Waals surface area contributed by atoms with E-state index in [1.807, 2.05) is 13.8 Å². The van der Waals surface area contributed by atoms with Crippen LogP contribution in [0.15, 0.2) is 12.1 Å². The van der Waals surface area contributed by atoms with Crippen molar-refractivity contribution < 1.29 is 23.1 Å². The van der Waals surface area contributed by atoms with E-state index in [9.17, 15) is 18.3 Å². The van der Waals surface area contributed by atoms with Crippen molar-refractivity contribution in [3.8, 4) is 11.5 Å². The third-order valence-electron chi connectivity index (χ3n) is 3.23. The van der Waals surface area contributed by atoms with Crippen molar-refractivity contribution in [2.24, 2.45) is 0 Å². The first-order chi connectivity index (χ1) is 10.1. The van der Waals surface area contributed by atoms with Gasteiger partial charge in [0.2, 0.25) is 10.0 Å². The maximum atomic E-state index is 12.0. The van der Waals surface area contributed by atoms with Gasteiger partial charge < -0.3 is 15.2 Å². The van der Waals surface area contributed by atoms with Crippen molar-refractivity contribution in [2.75, 3.05) is 19.3 Å². The number of ether oxygens (including phenoxy) is 1. The highest BCUT2D eigenvalue weighted by atomic mass is 32.2. The predicted molar refractivity (Wildman–Crippen MR) is 81.7 cm³/mol. The minimum Gasteiger partial charge on any atom is -0.504 e. The lowest BCUT2D eigenvalue weighted by molar-refractivity contribution is 0.0948. The van der Waals surface area contributed by atoms with Gasteiger partial charge in [-0.2, -0.15) is 0 Å². The fourth-order valence-electron chi connectivity index (χ4n) is 2.33. The highest BCUT2D eigenvalue weighted by Gasteiger charge is 2.33. The number of amides is 1. The monoisotopic (exact) mass is 328 g/mol. The molecule has 1 aromatic rings. The Morgan fingerprint density at radius 1 is 1.36 bits per heavy atom. The van der Waals surface area contributed by atoms with E-state index < -0.39 is 21.5 Å². The fourth-order valence-corrected chi connectivity index (χ4v) is 2.80. The number of fused-ring (bicyclic) bond motifs is 1. The van der Waals surface area contributed by atoms with Gasteiger partial charge in [-0.05, 0) is 19.9 Å². The van der Waals surface area contributed by atoms with Crippen LogP contribution in [-0.2, 0) is 16.4 Å². The lowest BCUT2D eigenvalue weighted by atomic mass is 10.0. The summed E-state index contributed by atoms with van der Waals surface area (Å²) in [7, 11) is -3.29. The Kier molecular flexibility index (Phi) is 4.35. The van der Waals surface area contributed by atoms with Crippen LogP contribution in [0.3, 0.4) is 0 Å². The van der Waals surface area contributed by atoms with E-state index in [4.69, 9.17) is 4.74 Å². The summed E-state index contributed by atoms with van der Waals surface area (Å²) in [4.78, 5) is 12.0. The molecule has 0 aromatic heterocycles. The highest BCUT2D eigenvalue weighted by Crippen LogP contribution is 2.43. The summed E-state index contributed by atoms with van der Waals surface area (Å²) >= 11 is 0. The summed E-state index contributed by atoms with van der Waals surface area (Å²) in [5.41, 5.74) is 0.558. The van der Waals surface area contributed by atoms with Gasteiger partial charge in [0, 0.05) is 25.1 Å². The summed E-state index contributed by atoms with van der Waals surface area (Å²) in [6, 6.07) is 3.30. The zero-order valence-electron chi connectivity index (χ0n) is 12.8. The fraction of sp³-hybridized carbons (Fsp3) is 0.500. The SMILES string of the molecule is CC1(C)Cc2ccc(C(=O)NCCNS(C)(=O)=O)c(O)c2O1. The topological polar surface area (TPSA) is 105 Å². The van der Waals surface area contributed by atoms with Gasteiger partial charge in [-0.25, -0.2) is 13.1 Å². The van der Waals surface area contributed by atoms with Crippen molar-refractivity contribution in [1.29, 1.82) is 0 Å². The van der Waals surface area contributed by atoms with E-state index in [0.717, 1.165) is 11.8 Å². The molecular weight excluding hydrogens is 308 g/mol. The minimum absolute atomic E-state index is 0.0831. The van der Waals surface area contributed by atoms with Crippen LogP contribution in [0.4, 0.5) is 0 Å². The van der Waals surface area contributed by atoms with E-state index in [1.165, 1.54) is 6.07 Å². The first kappa shape index (κ1) is 16.6. The number of phenolic OH excluding ortho intramolecular Hbond substituents is 1. The second kappa shape index (κ2) is 5.77. The van der Waals surface area contributed by atoms with Gasteiger partial charge in [0.1, 0.15) is 5.60 Å². The molecule has 0 unspecified atom stereocenters. The summed E-state index contributed by atoms with van der Waals surface area (Å²) < 4.78 is 29.7.